The number of aliphatic hydroxyl groups excluding tert-OH is 1. The van der Waals surface area contributed by atoms with Gasteiger partial charge in [-0.15, -0.1) is 0 Å². The van der Waals surface area contributed by atoms with Crippen LogP contribution in [0.1, 0.15) is 24.6 Å². The van der Waals surface area contributed by atoms with Crippen LogP contribution in [0.15, 0.2) is 34.8 Å². The summed E-state index contributed by atoms with van der Waals surface area (Å²) in [5, 5.41) is 9.27. The van der Waals surface area contributed by atoms with Gasteiger partial charge in [0.15, 0.2) is 0 Å². The fraction of sp³-hybridized carbons (Fsp3) is 0.267. The largest absolute Gasteiger partial charge is 0.438 e. The molecule has 2 rings (SSSR count). The molecule has 0 amide bonds. The highest BCUT2D eigenvalue weighted by atomic mass is 79.9. The second-order valence-electron chi connectivity index (χ2n) is 4.39. The lowest BCUT2D eigenvalue weighted by molar-refractivity contribution is 0.280. The highest BCUT2D eigenvalue weighted by Crippen LogP contribution is 2.30. The summed E-state index contributed by atoms with van der Waals surface area (Å²) in [7, 11) is 0. The van der Waals surface area contributed by atoms with Crippen LogP contribution in [0.2, 0.25) is 0 Å². The number of nitrogens with zero attached hydrogens (tertiary/aromatic N) is 1. The van der Waals surface area contributed by atoms with Crippen molar-refractivity contribution in [2.45, 2.75) is 26.4 Å². The van der Waals surface area contributed by atoms with Crippen LogP contribution in [0.5, 0.6) is 11.6 Å². The monoisotopic (exact) mass is 339 g/mol. The highest BCUT2D eigenvalue weighted by Gasteiger charge is 2.08. The van der Waals surface area contributed by atoms with Gasteiger partial charge in [0.2, 0.25) is 5.88 Å². The Morgan fingerprint density at radius 2 is 2.10 bits per heavy atom. The van der Waals surface area contributed by atoms with Gasteiger partial charge in [-0.05, 0) is 46.1 Å². The molecule has 1 aromatic carbocycles. The summed E-state index contributed by atoms with van der Waals surface area (Å²) in [5.41, 5.74) is 1.58. The molecule has 1 N–H and O–H groups in total. The third-order valence-corrected chi connectivity index (χ3v) is 3.37. The Balaban J connectivity index is 2.32. The lowest BCUT2D eigenvalue weighted by Crippen LogP contribution is -1.97. The number of hydrogen-bond acceptors (Lipinski definition) is 3. The van der Waals surface area contributed by atoms with Gasteiger partial charge in [0, 0.05) is 17.8 Å². The third kappa shape index (κ3) is 3.77. The Labute approximate surface area is 125 Å². The van der Waals surface area contributed by atoms with Gasteiger partial charge in [0.05, 0.1) is 11.1 Å². The molecule has 0 atom stereocenters. The molecule has 0 saturated carbocycles. The maximum Gasteiger partial charge on any atom is 0.219 e. The van der Waals surface area contributed by atoms with E-state index in [0.717, 1.165) is 24.1 Å². The molecular weight excluding hydrogens is 325 g/mol. The number of aliphatic hydroxyl groups is 1. The quantitative estimate of drug-likeness (QED) is 0.886. The van der Waals surface area contributed by atoms with Gasteiger partial charge in [-0.25, -0.2) is 9.37 Å². The lowest BCUT2D eigenvalue weighted by atomic mass is 10.2. The van der Waals surface area contributed by atoms with E-state index < -0.39 is 0 Å². The molecule has 0 bridgehead atoms. The molecule has 1 aromatic heterocycles. The van der Waals surface area contributed by atoms with Crippen molar-refractivity contribution in [3.8, 4) is 11.6 Å². The molecule has 0 spiro atoms. The SMILES string of the molecule is CCCc1cc(CO)cc(Oc2cc(F)ccc2Br)n1. The van der Waals surface area contributed by atoms with Crippen LogP contribution >= 0.6 is 15.9 Å². The van der Waals surface area contributed by atoms with Crippen LogP contribution in [0, 0.1) is 5.82 Å². The molecule has 0 saturated heterocycles. The van der Waals surface area contributed by atoms with Crippen molar-refractivity contribution in [2.75, 3.05) is 0 Å². The molecular formula is C15H15BrFNO2. The topological polar surface area (TPSA) is 42.4 Å². The molecule has 2 aromatic rings. The maximum atomic E-state index is 13.2. The van der Waals surface area contributed by atoms with E-state index in [1.165, 1.54) is 12.1 Å². The summed E-state index contributed by atoms with van der Waals surface area (Å²) in [6.07, 6.45) is 1.75. The van der Waals surface area contributed by atoms with Gasteiger partial charge in [0.1, 0.15) is 11.6 Å². The Kier molecular flexibility index (Phi) is 5.09. The van der Waals surface area contributed by atoms with Gasteiger partial charge >= 0.3 is 0 Å². The number of ether oxygens (including phenoxy) is 1. The first-order valence-corrected chi connectivity index (χ1v) is 7.15. The van der Waals surface area contributed by atoms with E-state index in [2.05, 4.69) is 27.8 Å². The van der Waals surface area contributed by atoms with Crippen LogP contribution in [0.4, 0.5) is 4.39 Å². The third-order valence-electron chi connectivity index (χ3n) is 2.71. The molecule has 5 heteroatoms. The molecule has 1 heterocycles. The number of rotatable bonds is 5. The van der Waals surface area contributed by atoms with Crippen LogP contribution in [0.25, 0.3) is 0 Å². The Morgan fingerprint density at radius 3 is 2.80 bits per heavy atom. The molecule has 0 aliphatic carbocycles. The van der Waals surface area contributed by atoms with Crippen LogP contribution in [-0.4, -0.2) is 10.1 Å². The minimum Gasteiger partial charge on any atom is -0.438 e. The molecule has 0 aliphatic heterocycles. The summed E-state index contributed by atoms with van der Waals surface area (Å²) in [4.78, 5) is 4.36. The summed E-state index contributed by atoms with van der Waals surface area (Å²) in [5.74, 6) is 0.330. The van der Waals surface area contributed by atoms with Crippen molar-refractivity contribution in [2.24, 2.45) is 0 Å². The average molecular weight is 340 g/mol. The molecule has 0 unspecified atom stereocenters. The van der Waals surface area contributed by atoms with E-state index in [9.17, 15) is 9.50 Å². The van der Waals surface area contributed by atoms with E-state index in [1.807, 2.05) is 6.07 Å². The normalized spacial score (nSPS) is 10.6. The first-order chi connectivity index (χ1) is 9.62. The number of benzene rings is 1. The average Bonchev–Trinajstić information content (AvgIpc) is 2.43. The minimum absolute atomic E-state index is 0.0834. The number of hydrogen-bond donors (Lipinski definition) is 1. The van der Waals surface area contributed by atoms with E-state index in [-0.39, 0.29) is 12.4 Å². The zero-order valence-corrected chi connectivity index (χ0v) is 12.7. The van der Waals surface area contributed by atoms with Crippen LogP contribution < -0.4 is 4.74 Å². The molecule has 106 valence electrons. The number of halogens is 2. The van der Waals surface area contributed by atoms with Crippen molar-refractivity contribution >= 4 is 15.9 Å². The van der Waals surface area contributed by atoms with E-state index in [0.29, 0.717) is 16.1 Å². The fourth-order valence-electron chi connectivity index (χ4n) is 1.82. The van der Waals surface area contributed by atoms with E-state index in [1.54, 1.807) is 12.1 Å². The Morgan fingerprint density at radius 1 is 1.30 bits per heavy atom. The smallest absolute Gasteiger partial charge is 0.219 e. The molecule has 0 radical (unpaired) electrons. The molecule has 0 fully saturated rings. The van der Waals surface area contributed by atoms with Gasteiger partial charge in [-0.3, -0.25) is 0 Å². The second-order valence-corrected chi connectivity index (χ2v) is 5.24. The standard InChI is InChI=1S/C15H15BrFNO2/c1-2-3-12-6-10(9-19)7-15(18-12)20-14-8-11(17)4-5-13(14)16/h4-8,19H,2-3,9H2,1H3. The predicted molar refractivity (Wildman–Crippen MR) is 78.3 cm³/mol. The van der Waals surface area contributed by atoms with Crippen molar-refractivity contribution in [1.29, 1.82) is 0 Å². The number of aryl methyl sites for hydroxylation is 1. The molecule has 0 aliphatic rings. The minimum atomic E-state index is -0.379. The second kappa shape index (κ2) is 6.81. The molecule has 3 nitrogen and oxygen atoms in total. The van der Waals surface area contributed by atoms with E-state index >= 15 is 0 Å². The Hall–Kier alpha value is -1.46. The van der Waals surface area contributed by atoms with E-state index in [4.69, 9.17) is 4.74 Å². The highest BCUT2D eigenvalue weighted by molar-refractivity contribution is 9.10. The van der Waals surface area contributed by atoms with Crippen molar-refractivity contribution in [1.82, 2.24) is 4.98 Å². The lowest BCUT2D eigenvalue weighted by Gasteiger charge is -2.10. The van der Waals surface area contributed by atoms with Gasteiger partial charge < -0.3 is 9.84 Å². The summed E-state index contributed by atoms with van der Waals surface area (Å²) in [6.45, 7) is 1.97. The zero-order chi connectivity index (χ0) is 14.5. The number of pyridine rings is 1. The Bertz CT molecular complexity index is 604. The maximum absolute atomic E-state index is 13.2. The molecule has 20 heavy (non-hydrogen) atoms. The predicted octanol–water partition coefficient (Wildman–Crippen LogP) is 4.22. The van der Waals surface area contributed by atoms with Crippen molar-refractivity contribution in [3.05, 3.63) is 51.9 Å². The van der Waals surface area contributed by atoms with Crippen molar-refractivity contribution < 1.29 is 14.2 Å². The van der Waals surface area contributed by atoms with Gasteiger partial charge in [-0.1, -0.05) is 13.3 Å². The summed E-state index contributed by atoms with van der Waals surface area (Å²) in [6, 6.07) is 7.70. The van der Waals surface area contributed by atoms with Gasteiger partial charge in [0.25, 0.3) is 0 Å². The summed E-state index contributed by atoms with van der Waals surface area (Å²) < 4.78 is 19.5. The van der Waals surface area contributed by atoms with Crippen LogP contribution in [0.3, 0.4) is 0 Å². The van der Waals surface area contributed by atoms with Gasteiger partial charge in [-0.2, -0.15) is 0 Å². The zero-order valence-electron chi connectivity index (χ0n) is 11.1. The number of aromatic nitrogens is 1. The fourth-order valence-corrected chi connectivity index (χ4v) is 2.14. The first kappa shape index (κ1) is 14.9. The summed E-state index contributed by atoms with van der Waals surface area (Å²) >= 11 is 3.30. The first-order valence-electron chi connectivity index (χ1n) is 6.36. The van der Waals surface area contributed by atoms with Crippen molar-refractivity contribution in [3.63, 3.8) is 0 Å². The van der Waals surface area contributed by atoms with Crippen LogP contribution in [-0.2, 0) is 13.0 Å².